The average Bonchev–Trinajstić information content (AvgIpc) is 3.19. The van der Waals surface area contributed by atoms with Crippen molar-refractivity contribution in [3.8, 4) is 11.4 Å². The number of hydrogen-bond donors (Lipinski definition) is 0. The number of aryl methyl sites for hydroxylation is 1. The van der Waals surface area contributed by atoms with Crippen LogP contribution in [-0.2, 0) is 16.4 Å². The van der Waals surface area contributed by atoms with Crippen LogP contribution in [0.1, 0.15) is 36.8 Å². The fourth-order valence-corrected chi connectivity index (χ4v) is 4.94. The summed E-state index contributed by atoms with van der Waals surface area (Å²) in [5.74, 6) is 1.57. The van der Waals surface area contributed by atoms with Crippen LogP contribution in [-0.4, -0.2) is 36.0 Å². The lowest BCUT2D eigenvalue weighted by Crippen LogP contribution is -2.37. The minimum atomic E-state index is -3.45. The first-order chi connectivity index (χ1) is 13.9. The number of aromatic nitrogens is 2. The molecule has 1 aliphatic rings. The molecular weight excluding hydrogens is 386 g/mol. The molecule has 4 rings (SSSR count). The monoisotopic (exact) mass is 411 g/mol. The van der Waals surface area contributed by atoms with Gasteiger partial charge in [0.2, 0.25) is 21.7 Å². The number of benzene rings is 2. The van der Waals surface area contributed by atoms with Crippen molar-refractivity contribution in [2.75, 3.05) is 13.1 Å². The molecule has 0 bridgehead atoms. The highest BCUT2D eigenvalue weighted by molar-refractivity contribution is 7.89. The molecule has 1 fully saturated rings. The Morgan fingerprint density at radius 2 is 1.69 bits per heavy atom. The molecule has 152 valence electrons. The zero-order valence-electron chi connectivity index (χ0n) is 16.7. The minimum Gasteiger partial charge on any atom is -0.339 e. The van der Waals surface area contributed by atoms with E-state index in [-0.39, 0.29) is 0 Å². The molecule has 3 aromatic rings. The van der Waals surface area contributed by atoms with Crippen molar-refractivity contribution in [2.24, 2.45) is 5.92 Å². The second-order valence-electron chi connectivity index (χ2n) is 7.79. The molecule has 29 heavy (non-hydrogen) atoms. The zero-order valence-corrected chi connectivity index (χ0v) is 17.5. The van der Waals surface area contributed by atoms with E-state index < -0.39 is 10.0 Å². The molecule has 1 saturated heterocycles. The Balaban J connectivity index is 1.48. The summed E-state index contributed by atoms with van der Waals surface area (Å²) in [6.45, 7) is 5.37. The molecule has 0 radical (unpaired) electrons. The van der Waals surface area contributed by atoms with Gasteiger partial charge in [-0.25, -0.2) is 8.42 Å². The van der Waals surface area contributed by atoms with Gasteiger partial charge in [0.15, 0.2) is 0 Å². The molecule has 7 heteroatoms. The van der Waals surface area contributed by atoms with Crippen molar-refractivity contribution in [3.63, 3.8) is 0 Å². The molecule has 0 N–H and O–H groups in total. The SMILES string of the molecule is Cc1ccc(Cc2nc(-c3ccc(S(=O)(=O)N4CCC(C)CC4)cc3)no2)cc1. The van der Waals surface area contributed by atoms with Crippen molar-refractivity contribution in [2.45, 2.75) is 38.0 Å². The fraction of sp³-hybridized carbons (Fsp3) is 0.364. The van der Waals surface area contributed by atoms with Gasteiger partial charge in [-0.3, -0.25) is 0 Å². The van der Waals surface area contributed by atoms with Crippen LogP contribution in [0.2, 0.25) is 0 Å². The molecule has 2 aromatic carbocycles. The molecule has 1 aromatic heterocycles. The number of rotatable bonds is 5. The summed E-state index contributed by atoms with van der Waals surface area (Å²) in [7, 11) is -3.45. The van der Waals surface area contributed by atoms with Gasteiger partial charge in [-0.1, -0.05) is 41.9 Å². The third-order valence-corrected chi connectivity index (χ3v) is 7.35. The maximum absolute atomic E-state index is 12.8. The highest BCUT2D eigenvalue weighted by Crippen LogP contribution is 2.25. The predicted octanol–water partition coefficient (Wildman–Crippen LogP) is 4.06. The standard InChI is InChI=1S/C22H25N3O3S/c1-16-3-5-18(6-4-16)15-21-23-22(24-28-21)19-7-9-20(10-8-19)29(26,27)25-13-11-17(2)12-14-25/h3-10,17H,11-15H2,1-2H3. The van der Waals surface area contributed by atoms with Crippen LogP contribution in [0.3, 0.4) is 0 Å². The van der Waals surface area contributed by atoms with E-state index in [1.807, 2.05) is 19.1 Å². The summed E-state index contributed by atoms with van der Waals surface area (Å²) in [5.41, 5.74) is 3.03. The molecule has 0 unspecified atom stereocenters. The van der Waals surface area contributed by atoms with Gasteiger partial charge in [-0.15, -0.1) is 0 Å². The first kappa shape index (κ1) is 19.8. The summed E-state index contributed by atoms with van der Waals surface area (Å²) < 4.78 is 32.6. The van der Waals surface area contributed by atoms with Crippen molar-refractivity contribution < 1.29 is 12.9 Å². The van der Waals surface area contributed by atoms with Crippen molar-refractivity contribution >= 4 is 10.0 Å². The van der Waals surface area contributed by atoms with Crippen molar-refractivity contribution in [1.29, 1.82) is 0 Å². The van der Waals surface area contributed by atoms with Crippen LogP contribution < -0.4 is 0 Å². The number of piperidine rings is 1. The second kappa shape index (κ2) is 8.08. The lowest BCUT2D eigenvalue weighted by molar-refractivity contribution is 0.288. The second-order valence-corrected chi connectivity index (χ2v) is 9.72. The summed E-state index contributed by atoms with van der Waals surface area (Å²) in [5, 5.41) is 4.04. The van der Waals surface area contributed by atoms with Gasteiger partial charge in [-0.2, -0.15) is 9.29 Å². The maximum atomic E-state index is 12.8. The quantitative estimate of drug-likeness (QED) is 0.633. The van der Waals surface area contributed by atoms with E-state index in [4.69, 9.17) is 4.52 Å². The number of hydrogen-bond acceptors (Lipinski definition) is 5. The molecule has 0 spiro atoms. The first-order valence-corrected chi connectivity index (χ1v) is 11.3. The smallest absolute Gasteiger partial charge is 0.243 e. The summed E-state index contributed by atoms with van der Waals surface area (Å²) in [4.78, 5) is 4.76. The van der Waals surface area contributed by atoms with E-state index in [9.17, 15) is 8.42 Å². The molecule has 0 atom stereocenters. The van der Waals surface area contributed by atoms with Crippen molar-refractivity contribution in [3.05, 3.63) is 65.5 Å². The fourth-order valence-electron chi connectivity index (χ4n) is 3.47. The molecule has 1 aliphatic heterocycles. The average molecular weight is 412 g/mol. The highest BCUT2D eigenvalue weighted by Gasteiger charge is 2.28. The van der Waals surface area contributed by atoms with E-state index >= 15 is 0 Å². The first-order valence-electron chi connectivity index (χ1n) is 9.90. The molecule has 0 aliphatic carbocycles. The van der Waals surface area contributed by atoms with Gasteiger partial charge in [0.05, 0.1) is 11.3 Å². The van der Waals surface area contributed by atoms with E-state index in [1.54, 1.807) is 28.6 Å². The largest absolute Gasteiger partial charge is 0.339 e. The highest BCUT2D eigenvalue weighted by atomic mass is 32.2. The zero-order chi connectivity index (χ0) is 20.4. The van der Waals surface area contributed by atoms with E-state index in [2.05, 4.69) is 29.2 Å². The van der Waals surface area contributed by atoms with Gasteiger partial charge in [0.1, 0.15) is 0 Å². The van der Waals surface area contributed by atoms with Gasteiger partial charge in [-0.05, 0) is 55.5 Å². The van der Waals surface area contributed by atoms with E-state index in [0.717, 1.165) is 24.0 Å². The van der Waals surface area contributed by atoms with Crippen LogP contribution in [0.15, 0.2) is 57.9 Å². The van der Waals surface area contributed by atoms with Crippen LogP contribution >= 0.6 is 0 Å². The maximum Gasteiger partial charge on any atom is 0.243 e. The van der Waals surface area contributed by atoms with Gasteiger partial charge < -0.3 is 4.52 Å². The summed E-state index contributed by atoms with van der Waals surface area (Å²) in [6, 6.07) is 14.9. The predicted molar refractivity (Wildman–Crippen MR) is 111 cm³/mol. The molecule has 0 amide bonds. The summed E-state index contributed by atoms with van der Waals surface area (Å²) in [6.07, 6.45) is 2.38. The van der Waals surface area contributed by atoms with Gasteiger partial charge in [0.25, 0.3) is 0 Å². The Bertz CT molecular complexity index is 1070. The number of sulfonamides is 1. The Labute approximate surface area is 171 Å². The third-order valence-electron chi connectivity index (χ3n) is 5.44. The van der Waals surface area contributed by atoms with Gasteiger partial charge >= 0.3 is 0 Å². The van der Waals surface area contributed by atoms with E-state index in [1.165, 1.54) is 5.56 Å². The van der Waals surface area contributed by atoms with Crippen LogP contribution in [0.4, 0.5) is 0 Å². The van der Waals surface area contributed by atoms with Crippen LogP contribution in [0.5, 0.6) is 0 Å². The Morgan fingerprint density at radius 1 is 1.03 bits per heavy atom. The Hall–Kier alpha value is -2.51. The van der Waals surface area contributed by atoms with E-state index in [0.29, 0.717) is 42.0 Å². The normalized spacial score (nSPS) is 16.2. The van der Waals surface area contributed by atoms with Gasteiger partial charge in [0, 0.05) is 18.7 Å². The lowest BCUT2D eigenvalue weighted by Gasteiger charge is -2.29. The molecule has 2 heterocycles. The Kier molecular flexibility index (Phi) is 5.52. The molecular formula is C22H25N3O3S. The molecule has 0 saturated carbocycles. The lowest BCUT2D eigenvalue weighted by atomic mass is 10.0. The number of nitrogens with zero attached hydrogens (tertiary/aromatic N) is 3. The Morgan fingerprint density at radius 3 is 2.34 bits per heavy atom. The summed E-state index contributed by atoms with van der Waals surface area (Å²) >= 11 is 0. The van der Waals surface area contributed by atoms with Crippen LogP contribution in [0.25, 0.3) is 11.4 Å². The third kappa shape index (κ3) is 4.41. The minimum absolute atomic E-state index is 0.305. The molecule has 6 nitrogen and oxygen atoms in total. The van der Waals surface area contributed by atoms with Crippen LogP contribution in [0, 0.1) is 12.8 Å². The topological polar surface area (TPSA) is 76.3 Å². The van der Waals surface area contributed by atoms with Crippen molar-refractivity contribution in [1.82, 2.24) is 14.4 Å².